The number of guanidine groups is 1. The van der Waals surface area contributed by atoms with E-state index in [1.54, 1.807) is 73.7 Å². The summed E-state index contributed by atoms with van der Waals surface area (Å²) in [7, 11) is -18.3. The number of carboxylic acids is 1. The van der Waals surface area contributed by atoms with Crippen LogP contribution < -0.4 is 80.2 Å². The molecule has 2 saturated heterocycles. The minimum Gasteiger partial charge on any atom is -0.481 e. The monoisotopic (exact) mass is 2190 g/mol. The lowest BCUT2D eigenvalue weighted by Gasteiger charge is -2.27. The molecule has 47 nitrogen and oxygen atoms in total. The SMILES string of the molecule is CC(=O)NCCOCCOCCOCCNC(=O)COCC(N)=O.CC[N+]1=C(/C=C/C=C/C=C2/N(CCCCCC(=O)NCCCC[C@@H]3NC(=O)CSC[C@@H](C)NC(=O)[C@H](Cc4ccccc4)NC(=O)[C@@H]4CSSC[C@H](NC3=O)C(=O)N[C@@H](CCCNC(=N)N)C(=O)NCC(=O)N[C@@H](CC(=O)O)C(=O)N4)c3ccc4c(S(=O)(=O)O)cc(S(=O)(=O)O)cc4c3C2(C)C)C(C)(C)c2c1ccc1c(S(=O)(=O)O)cc(S(=O)(=O)O)cc21. The molecule has 7 atom stereocenters. The molecule has 5 aromatic carbocycles. The average Bonchev–Trinajstić information content (AvgIpc) is 1.57. The number of hydrogen-bond acceptors (Lipinski definition) is 30. The van der Waals surface area contributed by atoms with Crippen LogP contribution >= 0.6 is 33.3 Å². The van der Waals surface area contributed by atoms with Crippen molar-refractivity contribution in [3.63, 3.8) is 0 Å². The molecule has 0 spiro atoms. The van der Waals surface area contributed by atoms with Gasteiger partial charge in [0.15, 0.2) is 11.7 Å². The van der Waals surface area contributed by atoms with Crippen LogP contribution in [0.2, 0.25) is 0 Å². The molecular formula is C93H128N17O30S7+. The van der Waals surface area contributed by atoms with Gasteiger partial charge in [-0.25, -0.2) is 0 Å². The van der Waals surface area contributed by atoms with Crippen LogP contribution in [0, 0.1) is 5.41 Å². The van der Waals surface area contributed by atoms with Gasteiger partial charge in [0.2, 0.25) is 76.6 Å². The molecule has 5 aromatic rings. The Labute approximate surface area is 863 Å². The molecule has 0 unspecified atom stereocenters. The molecule has 4 aliphatic rings. The highest BCUT2D eigenvalue weighted by atomic mass is 33.1. The number of carbonyl (C=O) groups excluding carboxylic acids is 12. The summed E-state index contributed by atoms with van der Waals surface area (Å²) in [5.74, 6) is -10.9. The van der Waals surface area contributed by atoms with E-state index in [1.807, 2.05) is 50.2 Å². The van der Waals surface area contributed by atoms with Gasteiger partial charge < -0.3 is 104 Å². The Bertz CT molecular complexity index is 6270. The Balaban J connectivity index is 0.000000966. The normalized spacial score (nSPS) is 19.8. The fraction of sp³-hybridized carbons (Fsp3) is 0.495. The summed E-state index contributed by atoms with van der Waals surface area (Å²) in [5.41, 5.74) is 12.4. The second-order valence-corrected chi connectivity index (χ2v) is 44.6. The van der Waals surface area contributed by atoms with Gasteiger partial charge in [-0.05, 0) is 137 Å². The van der Waals surface area contributed by atoms with Crippen molar-refractivity contribution >= 4 is 195 Å². The first-order valence-electron chi connectivity index (χ1n) is 46.8. The maximum absolute atomic E-state index is 14.7. The smallest absolute Gasteiger partial charge is 0.305 e. The maximum atomic E-state index is 14.7. The lowest BCUT2D eigenvalue weighted by Crippen LogP contribution is -2.59. The molecule has 54 heteroatoms. The first kappa shape index (κ1) is 120. The van der Waals surface area contributed by atoms with Gasteiger partial charge in [-0.2, -0.15) is 38.2 Å². The van der Waals surface area contributed by atoms with Crippen LogP contribution in [-0.4, -0.2) is 314 Å². The van der Waals surface area contributed by atoms with Crippen molar-refractivity contribution in [1.82, 2.24) is 63.8 Å². The van der Waals surface area contributed by atoms with Gasteiger partial charge in [-0.1, -0.05) is 96.5 Å². The number of ether oxygens (including phenoxy) is 4. The molecule has 0 aliphatic carbocycles. The summed E-state index contributed by atoms with van der Waals surface area (Å²) in [4.78, 5) is 170. The number of nitrogens with one attached hydrogen (secondary N) is 13. The van der Waals surface area contributed by atoms with Crippen LogP contribution in [0.3, 0.4) is 0 Å². The van der Waals surface area contributed by atoms with Crippen LogP contribution in [0.4, 0.5) is 11.4 Å². The summed E-state index contributed by atoms with van der Waals surface area (Å²) in [6.45, 7) is 15.1. The number of carboxylic acid groups (broad SMARTS) is 1. The van der Waals surface area contributed by atoms with E-state index in [0.29, 0.717) is 130 Å². The predicted molar refractivity (Wildman–Crippen MR) is 548 cm³/mol. The number of benzene rings is 5. The molecule has 22 N–H and O–H groups in total. The number of aliphatic carboxylic acids is 1. The van der Waals surface area contributed by atoms with Crippen molar-refractivity contribution in [2.75, 3.05) is 127 Å². The number of hydrogen-bond donors (Lipinski definition) is 20. The number of unbranched alkanes of at least 4 members (excludes halogenated alkanes) is 3. The molecule has 0 saturated carbocycles. The zero-order valence-corrected chi connectivity index (χ0v) is 87.7. The van der Waals surface area contributed by atoms with Gasteiger partial charge in [-0.3, -0.25) is 85.9 Å². The molecule has 806 valence electrons. The van der Waals surface area contributed by atoms with Gasteiger partial charge in [0.05, 0.1) is 73.6 Å². The maximum Gasteiger partial charge on any atom is 0.305 e. The second kappa shape index (κ2) is 56.6. The molecule has 2 bridgehead atoms. The summed E-state index contributed by atoms with van der Waals surface area (Å²) in [5, 5.41) is 49.2. The van der Waals surface area contributed by atoms with Crippen molar-refractivity contribution in [2.24, 2.45) is 11.5 Å². The number of nitrogens with two attached hydrogens (primary N) is 2. The van der Waals surface area contributed by atoms with E-state index in [1.165, 1.54) is 19.1 Å². The van der Waals surface area contributed by atoms with Crippen LogP contribution in [0.1, 0.15) is 129 Å². The van der Waals surface area contributed by atoms with Gasteiger partial charge in [-0.15, -0.1) is 11.8 Å². The van der Waals surface area contributed by atoms with Crippen LogP contribution in [0.25, 0.3) is 21.5 Å². The number of fused-ring (bicyclic) bond motifs is 11. The number of rotatable bonds is 43. The van der Waals surface area contributed by atoms with E-state index >= 15 is 0 Å². The average molecular weight is 2190 g/mol. The second-order valence-electron chi connectivity index (χ2n) is 35.4. The van der Waals surface area contributed by atoms with E-state index in [0.717, 1.165) is 45.5 Å². The number of allylic oxidation sites excluding steroid dienone is 6. The molecule has 2 fully saturated rings. The Kier molecular flexibility index (Phi) is 46.3. The van der Waals surface area contributed by atoms with E-state index in [2.05, 4.69) is 63.8 Å². The molecule has 4 aliphatic heterocycles. The standard InChI is InChI=1S/C79H100N14O23S7.C14H27N3O7/c1-7-92-59-29-27-49-51(35-47(120(105,106)107)37-61(49)122(111,112)113)69(59)78(3,4)63(92)24-13-9-14-25-64-79(5,6)70-52-36-48(121(108,109)110)38-62(123(114,115)116)50(52)28-30-60(70)93(64)33-18-10-15-26-65(94)82-31-17-16-22-54-72(100)90-57-42-118-119-43-58(76(104)89-55(34-46-20-11-8-12-21-46)73(101)85-45(2)41-117-44-67(96)86-54)91-74(102)56(39-68(97)98)87-66(95)40-84-71(99)53(88-75(57)103)23-19-32-83-77(80)81;1-12(18)16-2-4-21-6-8-23-9-7-22-5-3-17-14(20)11-24-10-13(15)19/h8-9,11-14,20-21,24-25,27-30,35-38,45,53-58H,7,10,15-19,22-23,26,31-34,39-44H2,1-6H3,(H17-,80,81,82,83,84,85,86,87,88,89,90,91,94,95,96,97,98,99,100,101,102,103,104,105,106,107,108,109,110,111,112,113,114,115,116);2-11H2,1H3,(H2,15,19)(H,16,18)(H,17,20)/p+1/t45-,53+,54+,55+,56+,57+,58+;/m1./s1. The zero-order valence-electron chi connectivity index (χ0n) is 82.0. The third kappa shape index (κ3) is 37.2. The Hall–Kier alpha value is -11.8. The number of carbonyl (C=O) groups is 13. The van der Waals surface area contributed by atoms with Crippen molar-refractivity contribution in [2.45, 2.75) is 192 Å². The number of anilines is 1. The molecular weight excluding hydrogens is 2060 g/mol. The predicted octanol–water partition coefficient (Wildman–Crippen LogP) is 1.46. The molecule has 12 amide bonds. The summed E-state index contributed by atoms with van der Waals surface area (Å²) in [6.07, 6.45) is 9.57. The van der Waals surface area contributed by atoms with Crippen LogP contribution in [0.5, 0.6) is 0 Å². The third-order valence-corrected chi connectivity index (χ3v) is 30.4. The van der Waals surface area contributed by atoms with Crippen LogP contribution in [-0.2, 0) is 139 Å². The number of nitrogens with zero attached hydrogens (tertiary/aromatic N) is 2. The summed E-state index contributed by atoms with van der Waals surface area (Å²) >= 11 is 1.11. The highest BCUT2D eigenvalue weighted by molar-refractivity contribution is 8.76. The highest BCUT2D eigenvalue weighted by Gasteiger charge is 2.47. The van der Waals surface area contributed by atoms with E-state index in [9.17, 15) is 119 Å². The Morgan fingerprint density at radius 2 is 1.08 bits per heavy atom. The fourth-order valence-electron chi connectivity index (χ4n) is 16.5. The van der Waals surface area contributed by atoms with Gasteiger partial charge in [0, 0.05) is 121 Å². The van der Waals surface area contributed by atoms with Gasteiger partial charge in [0.1, 0.15) is 65.8 Å². The molecule has 4 heterocycles. The minimum atomic E-state index is -5.09. The summed E-state index contributed by atoms with van der Waals surface area (Å²) < 4.78 is 165. The number of thioether (sulfide) groups is 1. The van der Waals surface area contributed by atoms with Crippen molar-refractivity contribution in [1.29, 1.82) is 5.41 Å². The van der Waals surface area contributed by atoms with E-state index in [4.69, 9.17) is 35.8 Å². The van der Waals surface area contributed by atoms with Crippen molar-refractivity contribution in [3.8, 4) is 0 Å². The lowest BCUT2D eigenvalue weighted by atomic mass is 9.79. The zero-order chi connectivity index (χ0) is 108. The quantitative estimate of drug-likeness (QED) is 0.00499. The molecule has 9 rings (SSSR count). The number of primary amides is 1. The molecule has 0 aromatic heterocycles. The molecule has 0 radical (unpaired) electrons. The largest absolute Gasteiger partial charge is 0.481 e. The third-order valence-electron chi connectivity index (χ3n) is 23.4. The van der Waals surface area contributed by atoms with E-state index < -0.39 is 185 Å². The van der Waals surface area contributed by atoms with Crippen molar-refractivity contribution in [3.05, 3.63) is 132 Å². The van der Waals surface area contributed by atoms with Crippen LogP contribution in [0.15, 0.2) is 135 Å². The minimum absolute atomic E-state index is 0.0162. The first-order valence-corrected chi connectivity index (χ1v) is 56.2. The Morgan fingerprint density at radius 3 is 1.66 bits per heavy atom. The summed E-state index contributed by atoms with van der Waals surface area (Å²) in [6, 6.07) is 8.97. The van der Waals surface area contributed by atoms with E-state index in [-0.39, 0.29) is 146 Å². The lowest BCUT2D eigenvalue weighted by molar-refractivity contribution is -0.433. The van der Waals surface area contributed by atoms with Crippen molar-refractivity contribution < 1.29 is 143 Å². The fourth-order valence-corrected chi connectivity index (χ4v) is 22.4. The molecule has 147 heavy (non-hydrogen) atoms. The topological polar surface area (TPSA) is 723 Å². The van der Waals surface area contributed by atoms with Gasteiger partial charge >= 0.3 is 5.97 Å². The van der Waals surface area contributed by atoms with Gasteiger partial charge in [0.25, 0.3) is 40.5 Å². The number of amides is 12. The Morgan fingerprint density at radius 1 is 0.537 bits per heavy atom. The first-order chi connectivity index (χ1) is 69.3. The highest BCUT2D eigenvalue weighted by Crippen LogP contribution is 2.52.